The average Bonchev–Trinajstić information content (AvgIpc) is 2.74. The number of aryl methyl sites for hydroxylation is 1. The lowest BCUT2D eigenvalue weighted by atomic mass is 9.43. The molecule has 1 unspecified atom stereocenters. The van der Waals surface area contributed by atoms with E-state index >= 15 is 0 Å². The molecule has 1 aromatic rings. The van der Waals surface area contributed by atoms with E-state index in [1.54, 1.807) is 0 Å². The first-order chi connectivity index (χ1) is 15.4. The first-order valence-corrected chi connectivity index (χ1v) is 11.8. The van der Waals surface area contributed by atoms with E-state index in [1.807, 2.05) is 0 Å². The van der Waals surface area contributed by atoms with Crippen molar-refractivity contribution in [1.82, 2.24) is 0 Å². The van der Waals surface area contributed by atoms with Gasteiger partial charge in [-0.05, 0) is 99.1 Å². The lowest BCUT2D eigenvalue weighted by molar-refractivity contribution is -0.790. The van der Waals surface area contributed by atoms with Crippen molar-refractivity contribution in [2.24, 2.45) is 29.4 Å². The predicted octanol–water partition coefficient (Wildman–Crippen LogP) is 3.84. The SMILES string of the molecule is NCCC1(c2cccc(CCCC(CO[N+](=O)[O-])O[N+](=O)[O-])c2)C2CC3CC(C2)CC1C3. The van der Waals surface area contributed by atoms with E-state index in [0.29, 0.717) is 19.4 Å². The second-order valence-electron chi connectivity index (χ2n) is 9.95. The van der Waals surface area contributed by atoms with Crippen molar-refractivity contribution in [2.45, 2.75) is 69.3 Å². The summed E-state index contributed by atoms with van der Waals surface area (Å²) >= 11 is 0. The van der Waals surface area contributed by atoms with Crippen LogP contribution in [0.15, 0.2) is 24.3 Å². The van der Waals surface area contributed by atoms with Gasteiger partial charge in [0.15, 0.2) is 0 Å². The molecular formula is C23H33N3O6. The first kappa shape index (κ1) is 22.8. The lowest BCUT2D eigenvalue weighted by Gasteiger charge is -2.62. The van der Waals surface area contributed by atoms with Crippen LogP contribution >= 0.6 is 0 Å². The Morgan fingerprint density at radius 1 is 1.06 bits per heavy atom. The fourth-order valence-electron chi connectivity index (χ4n) is 7.27. The molecule has 0 aliphatic heterocycles. The molecule has 0 aromatic heterocycles. The molecule has 4 aliphatic carbocycles. The Hall–Kier alpha value is -2.42. The standard InChI is InChI=1S/C23H33N3O6/c24-8-7-23(20-11-17-9-18(13-20)14-21(23)12-17)19-5-1-3-16(10-19)4-2-6-22(32-26(29)30)15-31-25(27)28/h1,3,5,10,17-18,20-22H,2,4,6-9,11-15,24H2. The van der Waals surface area contributed by atoms with Crippen molar-refractivity contribution >= 4 is 0 Å². The number of hydrogen-bond acceptors (Lipinski definition) is 7. The van der Waals surface area contributed by atoms with Gasteiger partial charge in [-0.3, -0.25) is 0 Å². The molecule has 0 spiro atoms. The molecule has 4 aliphatic rings. The summed E-state index contributed by atoms with van der Waals surface area (Å²) in [6, 6.07) is 8.79. The van der Waals surface area contributed by atoms with Crippen LogP contribution in [-0.2, 0) is 21.5 Å². The predicted molar refractivity (Wildman–Crippen MR) is 117 cm³/mol. The van der Waals surface area contributed by atoms with E-state index in [1.165, 1.54) is 43.2 Å². The summed E-state index contributed by atoms with van der Waals surface area (Å²) in [5.41, 5.74) is 8.91. The third kappa shape index (κ3) is 4.67. The van der Waals surface area contributed by atoms with Crippen LogP contribution < -0.4 is 5.73 Å². The largest absolute Gasteiger partial charge is 0.330 e. The summed E-state index contributed by atoms with van der Waals surface area (Å²) in [6.45, 7) is 0.252. The maximum Gasteiger partial charge on any atom is 0.294 e. The minimum Gasteiger partial charge on any atom is -0.330 e. The molecule has 4 saturated carbocycles. The quantitative estimate of drug-likeness (QED) is 0.380. The molecule has 4 fully saturated rings. The molecule has 4 bridgehead atoms. The Morgan fingerprint density at radius 3 is 2.34 bits per heavy atom. The average molecular weight is 448 g/mol. The van der Waals surface area contributed by atoms with E-state index in [4.69, 9.17) is 5.73 Å². The molecule has 0 heterocycles. The van der Waals surface area contributed by atoms with Crippen LogP contribution in [0.1, 0.15) is 62.5 Å². The number of hydrogen-bond donors (Lipinski definition) is 1. The van der Waals surface area contributed by atoms with E-state index < -0.39 is 22.9 Å². The molecule has 0 saturated heterocycles. The molecule has 176 valence electrons. The molecule has 9 heteroatoms. The zero-order valence-corrected chi connectivity index (χ0v) is 18.4. The highest BCUT2D eigenvalue weighted by molar-refractivity contribution is 5.34. The van der Waals surface area contributed by atoms with Gasteiger partial charge >= 0.3 is 0 Å². The topological polar surface area (TPSA) is 131 Å². The summed E-state index contributed by atoms with van der Waals surface area (Å²) in [5, 5.41) is 19.2. The highest BCUT2D eigenvalue weighted by Crippen LogP contribution is 2.64. The molecule has 1 atom stereocenters. The van der Waals surface area contributed by atoms with Crippen LogP contribution in [0.25, 0.3) is 0 Å². The van der Waals surface area contributed by atoms with Gasteiger partial charge in [0.05, 0.1) is 0 Å². The second kappa shape index (κ2) is 9.60. The highest BCUT2D eigenvalue weighted by atomic mass is 17.0. The van der Waals surface area contributed by atoms with Crippen LogP contribution in [0.2, 0.25) is 0 Å². The zero-order chi connectivity index (χ0) is 22.7. The third-order valence-electron chi connectivity index (χ3n) is 8.21. The molecule has 9 nitrogen and oxygen atoms in total. The van der Waals surface area contributed by atoms with Gasteiger partial charge in [-0.1, -0.05) is 24.3 Å². The van der Waals surface area contributed by atoms with Crippen LogP contribution in [0.5, 0.6) is 0 Å². The molecule has 0 amide bonds. The van der Waals surface area contributed by atoms with Gasteiger partial charge in [0.25, 0.3) is 10.2 Å². The summed E-state index contributed by atoms with van der Waals surface area (Å²) in [7, 11) is 0. The van der Waals surface area contributed by atoms with Crippen molar-refractivity contribution in [3.63, 3.8) is 0 Å². The molecule has 1 aromatic carbocycles. The maximum absolute atomic E-state index is 10.7. The normalized spacial score (nSPS) is 31.3. The number of benzene rings is 1. The molecule has 2 N–H and O–H groups in total. The van der Waals surface area contributed by atoms with Crippen LogP contribution in [0.4, 0.5) is 0 Å². The Bertz CT molecular complexity index is 804. The second-order valence-corrected chi connectivity index (χ2v) is 9.95. The lowest BCUT2D eigenvalue weighted by Crippen LogP contribution is -2.56. The van der Waals surface area contributed by atoms with Gasteiger partial charge in [-0.25, -0.2) is 0 Å². The van der Waals surface area contributed by atoms with E-state index in [-0.39, 0.29) is 5.41 Å². The summed E-state index contributed by atoms with van der Waals surface area (Å²) in [5.74, 6) is 3.22. The van der Waals surface area contributed by atoms with E-state index in [2.05, 4.69) is 33.9 Å². The maximum atomic E-state index is 10.7. The fraction of sp³-hybridized carbons (Fsp3) is 0.739. The van der Waals surface area contributed by atoms with Gasteiger partial charge in [0, 0.05) is 5.41 Å². The summed E-state index contributed by atoms with van der Waals surface area (Å²) in [6.07, 6.45) is 8.45. The minimum atomic E-state index is -0.957. The Morgan fingerprint density at radius 2 is 1.75 bits per heavy atom. The first-order valence-electron chi connectivity index (χ1n) is 11.8. The molecule has 0 radical (unpaired) electrons. The van der Waals surface area contributed by atoms with Gasteiger partial charge < -0.3 is 15.4 Å². The molecule has 5 rings (SSSR count). The monoisotopic (exact) mass is 447 g/mol. The van der Waals surface area contributed by atoms with Crippen molar-refractivity contribution in [3.05, 3.63) is 55.6 Å². The van der Waals surface area contributed by atoms with Crippen molar-refractivity contribution in [3.8, 4) is 0 Å². The molecule has 32 heavy (non-hydrogen) atoms. The minimum absolute atomic E-state index is 0.176. The highest BCUT2D eigenvalue weighted by Gasteiger charge is 2.57. The fourth-order valence-corrected chi connectivity index (χ4v) is 7.27. The Kier molecular flexibility index (Phi) is 6.83. The van der Waals surface area contributed by atoms with E-state index in [9.17, 15) is 20.2 Å². The molecular weight excluding hydrogens is 414 g/mol. The number of rotatable bonds is 12. The summed E-state index contributed by atoms with van der Waals surface area (Å²) in [4.78, 5) is 29.9. The zero-order valence-electron chi connectivity index (χ0n) is 18.4. The summed E-state index contributed by atoms with van der Waals surface area (Å²) < 4.78 is 0. The third-order valence-corrected chi connectivity index (χ3v) is 8.21. The van der Waals surface area contributed by atoms with Gasteiger partial charge in [-0.15, -0.1) is 20.2 Å². The van der Waals surface area contributed by atoms with Gasteiger partial charge in [0.2, 0.25) is 0 Å². The van der Waals surface area contributed by atoms with Crippen molar-refractivity contribution in [2.75, 3.05) is 13.2 Å². The van der Waals surface area contributed by atoms with Gasteiger partial charge in [-0.2, -0.15) is 0 Å². The number of nitrogens with two attached hydrogens (primary N) is 1. The van der Waals surface area contributed by atoms with Crippen LogP contribution in [-0.4, -0.2) is 29.4 Å². The van der Waals surface area contributed by atoms with E-state index in [0.717, 1.165) is 36.5 Å². The van der Waals surface area contributed by atoms with Crippen molar-refractivity contribution in [1.29, 1.82) is 0 Å². The number of nitrogens with zero attached hydrogens (tertiary/aromatic N) is 2. The van der Waals surface area contributed by atoms with Crippen LogP contribution in [0, 0.1) is 43.9 Å². The van der Waals surface area contributed by atoms with Gasteiger partial charge in [0.1, 0.15) is 12.7 Å². The Labute approximate surface area is 187 Å². The Balaban J connectivity index is 1.44. The smallest absolute Gasteiger partial charge is 0.294 e. The van der Waals surface area contributed by atoms with Crippen LogP contribution in [0.3, 0.4) is 0 Å². The van der Waals surface area contributed by atoms with Crippen molar-refractivity contribution < 1.29 is 19.8 Å².